The Morgan fingerprint density at radius 2 is 1.82 bits per heavy atom. The molecule has 12 heteroatoms. The first-order valence-corrected chi connectivity index (χ1v) is 12.7. The van der Waals surface area contributed by atoms with Gasteiger partial charge in [-0.3, -0.25) is 14.9 Å². The van der Waals surface area contributed by atoms with E-state index in [-0.39, 0.29) is 11.8 Å². The largest absolute Gasteiger partial charge is 0.453 e. The van der Waals surface area contributed by atoms with Crippen LogP contribution in [0.15, 0.2) is 79.1 Å². The molecule has 0 aliphatic carbocycles. The number of halogens is 1. The number of carbonyl (C=O) groups is 3. The van der Waals surface area contributed by atoms with Crippen LogP contribution in [0.5, 0.6) is 0 Å². The van der Waals surface area contributed by atoms with Crippen LogP contribution in [0, 0.1) is 0 Å². The van der Waals surface area contributed by atoms with Crippen LogP contribution < -0.4 is 10.6 Å². The fourth-order valence-electron chi connectivity index (χ4n) is 4.54. The molecule has 2 N–H and O–H groups in total. The molecule has 0 radical (unpaired) electrons. The molecule has 2 heterocycles. The third-order valence-electron chi connectivity index (χ3n) is 6.37. The molecular formula is C28H24ClN7O4. The van der Waals surface area contributed by atoms with Gasteiger partial charge in [-0.25, -0.2) is 4.79 Å². The number of rotatable bonds is 6. The van der Waals surface area contributed by atoms with Crippen molar-refractivity contribution >= 4 is 47.0 Å². The summed E-state index contributed by atoms with van der Waals surface area (Å²) in [5.74, 6) is -0.736. The van der Waals surface area contributed by atoms with E-state index >= 15 is 0 Å². The summed E-state index contributed by atoms with van der Waals surface area (Å²) < 4.78 is 6.10. The van der Waals surface area contributed by atoms with Gasteiger partial charge < -0.3 is 15.0 Å². The average molecular weight is 558 g/mol. The molecule has 0 saturated heterocycles. The number of nitrogens with one attached hydrogen (secondary N) is 2. The number of amides is 3. The predicted octanol–water partition coefficient (Wildman–Crippen LogP) is 4.27. The van der Waals surface area contributed by atoms with E-state index in [0.717, 1.165) is 11.1 Å². The summed E-state index contributed by atoms with van der Waals surface area (Å²) in [7, 11) is 1.26. The maximum atomic E-state index is 13.7. The van der Waals surface area contributed by atoms with Crippen molar-refractivity contribution in [2.24, 2.45) is 0 Å². The summed E-state index contributed by atoms with van der Waals surface area (Å²) in [6.45, 7) is 0.345. The lowest BCUT2D eigenvalue weighted by atomic mass is 9.91. The fourth-order valence-corrected chi connectivity index (χ4v) is 4.72. The highest BCUT2D eigenvalue weighted by Gasteiger charge is 2.35. The van der Waals surface area contributed by atoms with Gasteiger partial charge in [0, 0.05) is 34.6 Å². The van der Waals surface area contributed by atoms with Crippen LogP contribution in [0.1, 0.15) is 22.7 Å². The lowest BCUT2D eigenvalue weighted by Gasteiger charge is -2.35. The van der Waals surface area contributed by atoms with Gasteiger partial charge in [0.15, 0.2) is 0 Å². The molecule has 40 heavy (non-hydrogen) atoms. The first-order valence-electron chi connectivity index (χ1n) is 12.3. The topological polar surface area (TPSA) is 131 Å². The van der Waals surface area contributed by atoms with Gasteiger partial charge in [-0.1, -0.05) is 41.9 Å². The molecule has 1 atom stereocenters. The molecule has 3 amide bonds. The minimum atomic E-state index is -0.877. The van der Waals surface area contributed by atoms with Crippen molar-refractivity contribution in [1.29, 1.82) is 0 Å². The number of benzene rings is 3. The summed E-state index contributed by atoms with van der Waals surface area (Å²) in [6.07, 6.45) is 4.46. The van der Waals surface area contributed by atoms with Gasteiger partial charge in [0.05, 0.1) is 12.8 Å². The van der Waals surface area contributed by atoms with Crippen LogP contribution in [0.2, 0.25) is 5.02 Å². The zero-order chi connectivity index (χ0) is 28.1. The zero-order valence-corrected chi connectivity index (χ0v) is 22.1. The summed E-state index contributed by atoms with van der Waals surface area (Å²) in [5, 5.41) is 17.2. The number of hydrogen-bond donors (Lipinski definition) is 2. The molecule has 4 aromatic rings. The van der Waals surface area contributed by atoms with Crippen LogP contribution in [-0.2, 0) is 20.7 Å². The first-order chi connectivity index (χ1) is 19.4. The Kier molecular flexibility index (Phi) is 7.83. The highest BCUT2D eigenvalue weighted by molar-refractivity contribution is 6.30. The van der Waals surface area contributed by atoms with Gasteiger partial charge in [-0.15, -0.1) is 5.10 Å². The molecule has 1 aromatic heterocycles. The quantitative estimate of drug-likeness (QED) is 0.338. The van der Waals surface area contributed by atoms with Crippen LogP contribution in [0.3, 0.4) is 0 Å². The summed E-state index contributed by atoms with van der Waals surface area (Å²) >= 11 is 6.21. The SMILES string of the molecule is COC(=O)Nc1cccc(NC(=O)C2c3ccccc3CCN2C(=O)/C=C/c2cc(Cl)ccc2-n2cnnn2)c1. The Morgan fingerprint density at radius 1 is 1.02 bits per heavy atom. The minimum absolute atomic E-state index is 0.345. The van der Waals surface area contributed by atoms with E-state index in [1.807, 2.05) is 24.3 Å². The lowest BCUT2D eigenvalue weighted by Crippen LogP contribution is -2.44. The lowest BCUT2D eigenvalue weighted by molar-refractivity contribution is -0.135. The van der Waals surface area contributed by atoms with Gasteiger partial charge >= 0.3 is 6.09 Å². The number of hydrogen-bond acceptors (Lipinski definition) is 7. The molecule has 202 valence electrons. The average Bonchev–Trinajstić information content (AvgIpc) is 3.50. The van der Waals surface area contributed by atoms with Crippen LogP contribution in [0.25, 0.3) is 11.8 Å². The number of carbonyl (C=O) groups excluding carboxylic acids is 3. The molecule has 1 aliphatic rings. The molecule has 0 bridgehead atoms. The van der Waals surface area contributed by atoms with Crippen molar-refractivity contribution in [2.45, 2.75) is 12.5 Å². The summed E-state index contributed by atoms with van der Waals surface area (Å²) in [5.41, 5.74) is 3.90. The molecule has 0 saturated carbocycles. The minimum Gasteiger partial charge on any atom is -0.453 e. The van der Waals surface area contributed by atoms with Crippen LogP contribution in [0.4, 0.5) is 16.2 Å². The fraction of sp³-hybridized carbons (Fsp3) is 0.143. The number of ether oxygens (including phenoxy) is 1. The van der Waals surface area contributed by atoms with Crippen LogP contribution >= 0.6 is 11.6 Å². The Morgan fingerprint density at radius 3 is 2.60 bits per heavy atom. The number of aromatic nitrogens is 4. The van der Waals surface area contributed by atoms with Crippen molar-refractivity contribution in [2.75, 3.05) is 24.3 Å². The molecule has 5 rings (SSSR count). The third kappa shape index (κ3) is 5.84. The van der Waals surface area contributed by atoms with E-state index in [1.54, 1.807) is 48.5 Å². The summed E-state index contributed by atoms with van der Waals surface area (Å²) in [4.78, 5) is 40.4. The maximum absolute atomic E-state index is 13.7. The van der Waals surface area contributed by atoms with Gasteiger partial charge in [-0.2, -0.15) is 4.68 Å². The molecule has 3 aromatic carbocycles. The Hall–Kier alpha value is -5.03. The second-order valence-electron chi connectivity index (χ2n) is 8.86. The van der Waals surface area contributed by atoms with Crippen molar-refractivity contribution in [3.05, 3.63) is 101 Å². The predicted molar refractivity (Wildman–Crippen MR) is 149 cm³/mol. The van der Waals surface area contributed by atoms with E-state index in [9.17, 15) is 14.4 Å². The molecule has 1 unspecified atom stereocenters. The molecule has 11 nitrogen and oxygen atoms in total. The monoisotopic (exact) mass is 557 g/mol. The van der Waals surface area contributed by atoms with Gasteiger partial charge in [0.1, 0.15) is 12.4 Å². The standard InChI is InChI=1S/C28H24ClN7O4/c1-40-28(39)32-22-7-4-6-21(16-22)31-27(38)26-23-8-3-2-5-18(23)13-14-35(26)25(37)12-9-19-15-20(29)10-11-24(19)36-17-30-33-34-36/h2-12,15-17,26H,13-14H2,1H3,(H,31,38)(H,32,39)/b12-9+. The molecule has 1 aliphatic heterocycles. The number of tetrazole rings is 1. The Bertz CT molecular complexity index is 1590. The molecule has 0 spiro atoms. The summed E-state index contributed by atoms with van der Waals surface area (Å²) in [6, 6.07) is 18.5. The van der Waals surface area contributed by atoms with E-state index in [0.29, 0.717) is 40.6 Å². The first kappa shape index (κ1) is 26.6. The number of methoxy groups -OCH3 is 1. The molecular weight excluding hydrogens is 534 g/mol. The molecule has 0 fully saturated rings. The maximum Gasteiger partial charge on any atom is 0.411 e. The smallest absolute Gasteiger partial charge is 0.411 e. The number of fused-ring (bicyclic) bond motifs is 1. The van der Waals surface area contributed by atoms with Crippen molar-refractivity contribution in [3.63, 3.8) is 0 Å². The van der Waals surface area contributed by atoms with E-state index < -0.39 is 12.1 Å². The van der Waals surface area contributed by atoms with Gasteiger partial charge in [-0.05, 0) is 70.4 Å². The van der Waals surface area contributed by atoms with Crippen molar-refractivity contribution in [3.8, 4) is 5.69 Å². The third-order valence-corrected chi connectivity index (χ3v) is 6.60. The van der Waals surface area contributed by atoms with E-state index in [4.69, 9.17) is 11.6 Å². The normalized spacial score (nSPS) is 14.4. The Balaban J connectivity index is 1.42. The number of nitrogens with zero attached hydrogens (tertiary/aromatic N) is 5. The second kappa shape index (κ2) is 11.8. The Labute approximate surface area is 234 Å². The van der Waals surface area contributed by atoms with Gasteiger partial charge in [0.25, 0.3) is 5.91 Å². The highest BCUT2D eigenvalue weighted by Crippen LogP contribution is 2.32. The van der Waals surface area contributed by atoms with Gasteiger partial charge in [0.2, 0.25) is 5.91 Å². The van der Waals surface area contributed by atoms with E-state index in [2.05, 4.69) is 30.9 Å². The second-order valence-corrected chi connectivity index (χ2v) is 9.30. The van der Waals surface area contributed by atoms with Crippen LogP contribution in [-0.4, -0.2) is 56.7 Å². The van der Waals surface area contributed by atoms with E-state index in [1.165, 1.54) is 29.1 Å². The van der Waals surface area contributed by atoms with Crippen molar-refractivity contribution in [1.82, 2.24) is 25.1 Å². The highest BCUT2D eigenvalue weighted by atomic mass is 35.5. The zero-order valence-electron chi connectivity index (χ0n) is 21.3. The van der Waals surface area contributed by atoms with Crippen molar-refractivity contribution < 1.29 is 19.1 Å². The number of anilines is 2.